The van der Waals surface area contributed by atoms with Gasteiger partial charge >= 0.3 is 0 Å². The van der Waals surface area contributed by atoms with Crippen LogP contribution in [0.2, 0.25) is 0 Å². The summed E-state index contributed by atoms with van der Waals surface area (Å²) in [4.78, 5) is 11.1. The van der Waals surface area contributed by atoms with Gasteiger partial charge in [-0.05, 0) is 12.1 Å². The fourth-order valence-electron chi connectivity index (χ4n) is 2.63. The van der Waals surface area contributed by atoms with Gasteiger partial charge in [-0.2, -0.15) is 0 Å². The van der Waals surface area contributed by atoms with Crippen LogP contribution >= 0.6 is 11.3 Å². The highest BCUT2D eigenvalue weighted by Gasteiger charge is 2.29. The molecule has 0 aliphatic carbocycles. The van der Waals surface area contributed by atoms with Crippen molar-refractivity contribution in [3.05, 3.63) is 60.2 Å². The number of nitrogens with zero attached hydrogens (tertiary/aromatic N) is 3. The Balaban J connectivity index is 1.31. The third-order valence-corrected chi connectivity index (χ3v) is 4.81. The van der Waals surface area contributed by atoms with Gasteiger partial charge in [0.2, 0.25) is 0 Å². The molecule has 1 aliphatic heterocycles. The molecule has 0 unspecified atom stereocenters. The smallest absolute Gasteiger partial charge is 0.185 e. The molecule has 0 atom stereocenters. The van der Waals surface area contributed by atoms with Crippen LogP contribution in [0, 0.1) is 5.92 Å². The predicted molar refractivity (Wildman–Crippen MR) is 93.0 cm³/mol. The van der Waals surface area contributed by atoms with Crippen molar-refractivity contribution in [1.29, 1.82) is 0 Å². The van der Waals surface area contributed by atoms with Gasteiger partial charge in [-0.3, -0.25) is 4.98 Å². The second-order valence-electron chi connectivity index (χ2n) is 5.65. The molecule has 1 aromatic carbocycles. The summed E-state index contributed by atoms with van der Waals surface area (Å²) in [6.07, 6.45) is 3.51. The van der Waals surface area contributed by atoms with Crippen LogP contribution in [-0.4, -0.2) is 29.7 Å². The van der Waals surface area contributed by atoms with Crippen molar-refractivity contribution in [3.63, 3.8) is 0 Å². The lowest BCUT2D eigenvalue weighted by Crippen LogP contribution is -2.49. The van der Waals surface area contributed by atoms with Crippen LogP contribution in [0.25, 0.3) is 11.3 Å². The number of hydrogen-bond acceptors (Lipinski definition) is 5. The highest BCUT2D eigenvalue weighted by molar-refractivity contribution is 7.14. The van der Waals surface area contributed by atoms with E-state index in [2.05, 4.69) is 27.4 Å². The Hall–Kier alpha value is -2.40. The molecular formula is C18H17N3OS. The van der Waals surface area contributed by atoms with E-state index in [-0.39, 0.29) is 0 Å². The Kier molecular flexibility index (Phi) is 3.94. The maximum Gasteiger partial charge on any atom is 0.185 e. The van der Waals surface area contributed by atoms with Crippen LogP contribution in [0.3, 0.4) is 0 Å². The summed E-state index contributed by atoms with van der Waals surface area (Å²) in [6, 6.07) is 14.1. The van der Waals surface area contributed by atoms with Crippen LogP contribution in [0.5, 0.6) is 5.75 Å². The largest absolute Gasteiger partial charge is 0.492 e. The molecule has 0 amide bonds. The number of thiazole rings is 1. The molecule has 23 heavy (non-hydrogen) atoms. The van der Waals surface area contributed by atoms with Crippen molar-refractivity contribution < 1.29 is 4.74 Å². The van der Waals surface area contributed by atoms with Gasteiger partial charge in [0.1, 0.15) is 5.75 Å². The molecular weight excluding hydrogens is 306 g/mol. The zero-order chi connectivity index (χ0) is 15.5. The van der Waals surface area contributed by atoms with E-state index >= 15 is 0 Å². The highest BCUT2D eigenvalue weighted by Crippen LogP contribution is 2.31. The van der Waals surface area contributed by atoms with Crippen LogP contribution in [0.4, 0.5) is 5.13 Å². The first-order valence-electron chi connectivity index (χ1n) is 7.67. The maximum atomic E-state index is 5.76. The summed E-state index contributed by atoms with van der Waals surface area (Å²) in [5.74, 6) is 1.39. The van der Waals surface area contributed by atoms with Crippen molar-refractivity contribution in [1.82, 2.24) is 9.97 Å². The van der Waals surface area contributed by atoms with Crippen molar-refractivity contribution in [2.45, 2.75) is 0 Å². The van der Waals surface area contributed by atoms with E-state index in [0.29, 0.717) is 5.92 Å². The van der Waals surface area contributed by atoms with Crippen LogP contribution < -0.4 is 9.64 Å². The van der Waals surface area contributed by atoms with Gasteiger partial charge in [0.15, 0.2) is 5.13 Å². The topological polar surface area (TPSA) is 38.2 Å². The predicted octanol–water partition coefficient (Wildman–Crippen LogP) is 3.72. The number of pyridine rings is 1. The van der Waals surface area contributed by atoms with Gasteiger partial charge in [-0.1, -0.05) is 30.3 Å². The molecule has 5 heteroatoms. The minimum atomic E-state index is 0.555. The number of hydrogen-bond donors (Lipinski definition) is 0. The quantitative estimate of drug-likeness (QED) is 0.717. The van der Waals surface area contributed by atoms with E-state index in [1.54, 1.807) is 23.7 Å². The van der Waals surface area contributed by atoms with Crippen LogP contribution in [-0.2, 0) is 0 Å². The molecule has 1 fully saturated rings. The van der Waals surface area contributed by atoms with Crippen LogP contribution in [0.1, 0.15) is 0 Å². The zero-order valence-corrected chi connectivity index (χ0v) is 13.4. The number of aromatic nitrogens is 2. The minimum absolute atomic E-state index is 0.555. The SMILES string of the molecule is c1ccc(-c2csc(N3CC(COc4cccnc4)C3)n2)cc1. The summed E-state index contributed by atoms with van der Waals surface area (Å²) in [6.45, 7) is 2.74. The first-order chi connectivity index (χ1) is 11.4. The monoisotopic (exact) mass is 323 g/mol. The van der Waals surface area contributed by atoms with Gasteiger partial charge in [0.25, 0.3) is 0 Å². The fourth-order valence-corrected chi connectivity index (χ4v) is 3.48. The third kappa shape index (κ3) is 3.19. The molecule has 0 saturated carbocycles. The standard InChI is InChI=1S/C18H17N3OS/c1-2-5-15(6-3-1)17-13-23-18(20-17)21-10-14(11-21)12-22-16-7-4-8-19-9-16/h1-9,13-14H,10-12H2. The van der Waals surface area contributed by atoms with Crippen molar-refractivity contribution in [3.8, 4) is 17.0 Å². The number of anilines is 1. The average molecular weight is 323 g/mol. The second-order valence-corrected chi connectivity index (χ2v) is 6.49. The third-order valence-electron chi connectivity index (χ3n) is 3.91. The molecule has 116 valence electrons. The summed E-state index contributed by atoms with van der Waals surface area (Å²) in [5.41, 5.74) is 2.23. The lowest BCUT2D eigenvalue weighted by Gasteiger charge is -2.38. The molecule has 3 aromatic rings. The van der Waals surface area contributed by atoms with E-state index in [9.17, 15) is 0 Å². The van der Waals surface area contributed by atoms with Gasteiger partial charge < -0.3 is 9.64 Å². The molecule has 0 N–H and O–H groups in total. The summed E-state index contributed by atoms with van der Waals surface area (Å²) >= 11 is 1.71. The number of benzene rings is 1. The lowest BCUT2D eigenvalue weighted by atomic mass is 10.0. The fraction of sp³-hybridized carbons (Fsp3) is 0.222. The van der Waals surface area contributed by atoms with E-state index in [0.717, 1.165) is 36.3 Å². The molecule has 0 radical (unpaired) electrons. The molecule has 0 spiro atoms. The summed E-state index contributed by atoms with van der Waals surface area (Å²) < 4.78 is 5.76. The van der Waals surface area contributed by atoms with Crippen molar-refractivity contribution in [2.24, 2.45) is 5.92 Å². The van der Waals surface area contributed by atoms with Crippen molar-refractivity contribution in [2.75, 3.05) is 24.6 Å². The summed E-state index contributed by atoms with van der Waals surface area (Å²) in [5, 5.41) is 3.23. The molecule has 4 nitrogen and oxygen atoms in total. The lowest BCUT2D eigenvalue weighted by molar-refractivity contribution is 0.220. The van der Waals surface area contributed by atoms with Crippen LogP contribution in [0.15, 0.2) is 60.2 Å². The Morgan fingerprint density at radius 3 is 2.78 bits per heavy atom. The molecule has 3 heterocycles. The second kappa shape index (κ2) is 6.38. The Bertz CT molecular complexity index is 754. The summed E-state index contributed by atoms with van der Waals surface area (Å²) in [7, 11) is 0. The zero-order valence-electron chi connectivity index (χ0n) is 12.6. The van der Waals surface area contributed by atoms with Gasteiger partial charge in [-0.15, -0.1) is 11.3 Å². The Labute approximate surface area is 139 Å². The molecule has 1 saturated heterocycles. The van der Waals surface area contributed by atoms with Crippen molar-refractivity contribution >= 4 is 16.5 Å². The van der Waals surface area contributed by atoms with Gasteiger partial charge in [0, 0.05) is 36.1 Å². The Morgan fingerprint density at radius 1 is 1.13 bits per heavy atom. The maximum absolute atomic E-state index is 5.76. The number of ether oxygens (including phenoxy) is 1. The van der Waals surface area contributed by atoms with E-state index < -0.39 is 0 Å². The molecule has 2 aromatic heterocycles. The first kappa shape index (κ1) is 14.2. The highest BCUT2D eigenvalue weighted by atomic mass is 32.1. The molecule has 0 bridgehead atoms. The van der Waals surface area contributed by atoms with E-state index in [1.165, 1.54) is 5.56 Å². The normalized spacial score (nSPS) is 14.5. The van der Waals surface area contributed by atoms with E-state index in [4.69, 9.17) is 9.72 Å². The van der Waals surface area contributed by atoms with E-state index in [1.807, 2.05) is 30.3 Å². The van der Waals surface area contributed by atoms with Gasteiger partial charge in [0.05, 0.1) is 18.5 Å². The molecule has 4 rings (SSSR count). The number of rotatable bonds is 5. The Morgan fingerprint density at radius 2 is 2.00 bits per heavy atom. The minimum Gasteiger partial charge on any atom is -0.492 e. The average Bonchev–Trinajstić information content (AvgIpc) is 3.05. The first-order valence-corrected chi connectivity index (χ1v) is 8.55. The van der Waals surface area contributed by atoms with Gasteiger partial charge in [-0.25, -0.2) is 4.98 Å². The molecule has 1 aliphatic rings.